The topological polar surface area (TPSA) is 76.7 Å². The van der Waals surface area contributed by atoms with Crippen molar-refractivity contribution in [2.24, 2.45) is 0 Å². The summed E-state index contributed by atoms with van der Waals surface area (Å²) in [6.45, 7) is 2.74. The van der Waals surface area contributed by atoms with Crippen LogP contribution in [0.1, 0.15) is 24.2 Å². The average Bonchev–Trinajstić information content (AvgIpc) is 3.21. The van der Waals surface area contributed by atoms with Crippen molar-refractivity contribution in [2.75, 3.05) is 5.32 Å². The molecule has 0 aliphatic carbocycles. The van der Waals surface area contributed by atoms with Crippen LogP contribution in [0, 0.1) is 0 Å². The summed E-state index contributed by atoms with van der Waals surface area (Å²) in [5, 5.41) is 16.2. The summed E-state index contributed by atoms with van der Waals surface area (Å²) in [6.07, 6.45) is 0.778. The van der Waals surface area contributed by atoms with Crippen molar-refractivity contribution in [3.8, 4) is 0 Å². The SMILES string of the molecule is CCc1noc(CSc2nnc(NCc3ccccc3)s2)n1. The highest BCUT2D eigenvalue weighted by atomic mass is 32.2. The van der Waals surface area contributed by atoms with Gasteiger partial charge in [0.2, 0.25) is 11.0 Å². The van der Waals surface area contributed by atoms with Crippen molar-refractivity contribution < 1.29 is 4.52 Å². The molecule has 0 radical (unpaired) electrons. The lowest BCUT2D eigenvalue weighted by atomic mass is 10.2. The van der Waals surface area contributed by atoms with Crippen molar-refractivity contribution in [1.82, 2.24) is 20.3 Å². The Hall–Kier alpha value is -1.93. The molecule has 0 saturated carbocycles. The summed E-state index contributed by atoms with van der Waals surface area (Å²) >= 11 is 3.07. The summed E-state index contributed by atoms with van der Waals surface area (Å²) in [5.74, 6) is 1.97. The zero-order valence-electron chi connectivity index (χ0n) is 12.0. The fourth-order valence-electron chi connectivity index (χ4n) is 1.73. The van der Waals surface area contributed by atoms with Crippen molar-refractivity contribution in [3.05, 3.63) is 47.6 Å². The van der Waals surface area contributed by atoms with E-state index in [4.69, 9.17) is 4.52 Å². The molecule has 1 N–H and O–H groups in total. The van der Waals surface area contributed by atoms with E-state index in [0.29, 0.717) is 11.6 Å². The second kappa shape index (κ2) is 7.37. The number of anilines is 1. The van der Waals surface area contributed by atoms with Crippen LogP contribution >= 0.6 is 23.1 Å². The Balaban J connectivity index is 1.50. The summed E-state index contributed by atoms with van der Waals surface area (Å²) in [4.78, 5) is 4.27. The van der Waals surface area contributed by atoms with Crippen LogP contribution < -0.4 is 5.32 Å². The molecule has 8 heteroatoms. The number of benzene rings is 1. The van der Waals surface area contributed by atoms with Crippen molar-refractivity contribution >= 4 is 28.2 Å². The van der Waals surface area contributed by atoms with Gasteiger partial charge in [0.05, 0.1) is 5.75 Å². The van der Waals surface area contributed by atoms with Gasteiger partial charge < -0.3 is 9.84 Å². The highest BCUT2D eigenvalue weighted by molar-refractivity contribution is 8.00. The monoisotopic (exact) mass is 333 g/mol. The lowest BCUT2D eigenvalue weighted by molar-refractivity contribution is 0.385. The fourth-order valence-corrected chi connectivity index (χ4v) is 3.31. The Morgan fingerprint density at radius 3 is 2.86 bits per heavy atom. The van der Waals surface area contributed by atoms with Gasteiger partial charge in [-0.2, -0.15) is 4.98 Å². The number of nitrogens with zero attached hydrogens (tertiary/aromatic N) is 4. The van der Waals surface area contributed by atoms with Crippen LogP contribution in [-0.4, -0.2) is 20.3 Å². The molecule has 6 nitrogen and oxygen atoms in total. The van der Waals surface area contributed by atoms with Gasteiger partial charge in [0.25, 0.3) is 0 Å². The number of aryl methyl sites for hydroxylation is 1. The zero-order valence-corrected chi connectivity index (χ0v) is 13.7. The van der Waals surface area contributed by atoms with Crippen LogP contribution in [-0.2, 0) is 18.7 Å². The van der Waals surface area contributed by atoms with Gasteiger partial charge in [0.15, 0.2) is 10.2 Å². The minimum absolute atomic E-state index is 0.611. The molecule has 0 amide bonds. The van der Waals surface area contributed by atoms with Gasteiger partial charge >= 0.3 is 0 Å². The maximum Gasteiger partial charge on any atom is 0.237 e. The maximum absolute atomic E-state index is 5.15. The number of aromatic nitrogens is 4. The van der Waals surface area contributed by atoms with Gasteiger partial charge in [-0.25, -0.2) is 0 Å². The third kappa shape index (κ3) is 4.05. The molecule has 0 spiro atoms. The van der Waals surface area contributed by atoms with Crippen molar-refractivity contribution in [3.63, 3.8) is 0 Å². The Labute approximate surface area is 136 Å². The molecule has 0 fully saturated rings. The molecular formula is C14H15N5OS2. The minimum Gasteiger partial charge on any atom is -0.356 e. The minimum atomic E-state index is 0.611. The second-order valence-electron chi connectivity index (χ2n) is 4.46. The molecule has 0 bridgehead atoms. The molecule has 22 heavy (non-hydrogen) atoms. The van der Waals surface area contributed by atoms with E-state index in [1.165, 1.54) is 16.9 Å². The quantitative estimate of drug-likeness (QED) is 0.664. The third-order valence-electron chi connectivity index (χ3n) is 2.84. The van der Waals surface area contributed by atoms with Gasteiger partial charge in [0.1, 0.15) is 0 Å². The lowest BCUT2D eigenvalue weighted by Crippen LogP contribution is -1.98. The molecule has 0 aliphatic heterocycles. The standard InChI is InChI=1S/C14H15N5OS2/c1-2-11-16-12(20-19-11)9-21-14-18-17-13(22-14)15-8-10-6-4-3-5-7-10/h3-7H,2,8-9H2,1H3,(H,15,17). The van der Waals surface area contributed by atoms with E-state index in [-0.39, 0.29) is 0 Å². The van der Waals surface area contributed by atoms with Gasteiger partial charge in [-0.3, -0.25) is 0 Å². The van der Waals surface area contributed by atoms with Crippen LogP contribution in [0.3, 0.4) is 0 Å². The fraction of sp³-hybridized carbons (Fsp3) is 0.286. The molecule has 3 rings (SSSR count). The summed E-state index contributed by atoms with van der Waals surface area (Å²) in [5.41, 5.74) is 1.21. The van der Waals surface area contributed by atoms with Crippen LogP contribution in [0.2, 0.25) is 0 Å². The highest BCUT2D eigenvalue weighted by Gasteiger charge is 2.09. The first-order valence-corrected chi connectivity index (χ1v) is 8.69. The molecule has 3 aromatic rings. The first kappa shape index (κ1) is 15.0. The largest absolute Gasteiger partial charge is 0.356 e. The van der Waals surface area contributed by atoms with E-state index in [9.17, 15) is 0 Å². The average molecular weight is 333 g/mol. The van der Waals surface area contributed by atoms with E-state index in [1.54, 1.807) is 11.8 Å². The molecular weight excluding hydrogens is 318 g/mol. The normalized spacial score (nSPS) is 10.8. The maximum atomic E-state index is 5.15. The Kier molecular flexibility index (Phi) is 5.02. The number of thioether (sulfide) groups is 1. The molecule has 0 saturated heterocycles. The van der Waals surface area contributed by atoms with Gasteiger partial charge in [-0.1, -0.05) is 65.5 Å². The van der Waals surface area contributed by atoms with Crippen molar-refractivity contribution in [2.45, 2.75) is 30.0 Å². The first-order chi connectivity index (χ1) is 10.8. The second-order valence-corrected chi connectivity index (χ2v) is 6.66. The van der Waals surface area contributed by atoms with E-state index in [2.05, 4.69) is 37.8 Å². The molecule has 0 unspecified atom stereocenters. The van der Waals surface area contributed by atoms with E-state index >= 15 is 0 Å². The Bertz CT molecular complexity index is 713. The predicted octanol–water partition coefficient (Wildman–Crippen LogP) is 3.39. The summed E-state index contributed by atoms with van der Waals surface area (Å²) < 4.78 is 6.03. The van der Waals surface area contributed by atoms with Crippen LogP contribution in [0.5, 0.6) is 0 Å². The smallest absolute Gasteiger partial charge is 0.237 e. The van der Waals surface area contributed by atoms with E-state index in [0.717, 1.165) is 28.3 Å². The molecule has 2 heterocycles. The van der Waals surface area contributed by atoms with Crippen LogP contribution in [0.15, 0.2) is 39.2 Å². The van der Waals surface area contributed by atoms with Gasteiger partial charge in [-0.15, -0.1) is 10.2 Å². The first-order valence-electron chi connectivity index (χ1n) is 6.89. The van der Waals surface area contributed by atoms with Crippen LogP contribution in [0.25, 0.3) is 0 Å². The lowest BCUT2D eigenvalue weighted by Gasteiger charge is -2.00. The Morgan fingerprint density at radius 1 is 1.23 bits per heavy atom. The third-order valence-corrected chi connectivity index (χ3v) is 4.84. The number of hydrogen-bond donors (Lipinski definition) is 1. The van der Waals surface area contributed by atoms with Gasteiger partial charge in [0, 0.05) is 13.0 Å². The number of nitrogens with one attached hydrogen (secondary N) is 1. The number of rotatable bonds is 7. The van der Waals surface area contributed by atoms with Crippen LogP contribution in [0.4, 0.5) is 5.13 Å². The van der Waals surface area contributed by atoms with E-state index in [1.807, 2.05) is 25.1 Å². The molecule has 0 aliphatic rings. The predicted molar refractivity (Wildman–Crippen MR) is 86.9 cm³/mol. The van der Waals surface area contributed by atoms with Crippen molar-refractivity contribution in [1.29, 1.82) is 0 Å². The summed E-state index contributed by atoms with van der Waals surface area (Å²) in [7, 11) is 0. The van der Waals surface area contributed by atoms with E-state index < -0.39 is 0 Å². The number of hydrogen-bond acceptors (Lipinski definition) is 8. The summed E-state index contributed by atoms with van der Waals surface area (Å²) in [6, 6.07) is 10.2. The molecule has 2 aromatic heterocycles. The zero-order chi connectivity index (χ0) is 15.2. The highest BCUT2D eigenvalue weighted by Crippen LogP contribution is 2.28. The molecule has 1 aromatic carbocycles. The molecule has 0 atom stereocenters. The van der Waals surface area contributed by atoms with Gasteiger partial charge in [-0.05, 0) is 5.56 Å². The Morgan fingerprint density at radius 2 is 2.09 bits per heavy atom. The molecule has 114 valence electrons.